The Hall–Kier alpha value is -0.460. The van der Waals surface area contributed by atoms with Crippen LogP contribution in [0.25, 0.3) is 0 Å². The normalized spacial score (nSPS) is 26.0. The topological polar surface area (TPSA) is 55.4 Å². The molecule has 2 aliphatic heterocycles. The van der Waals surface area contributed by atoms with E-state index in [9.17, 15) is 0 Å². The van der Waals surface area contributed by atoms with E-state index in [1.807, 2.05) is 18.4 Å². The van der Waals surface area contributed by atoms with Crippen LogP contribution in [0.15, 0.2) is 22.5 Å². The molecule has 3 rings (SSSR count). The van der Waals surface area contributed by atoms with Crippen LogP contribution in [0.4, 0.5) is 0 Å². The summed E-state index contributed by atoms with van der Waals surface area (Å²) in [6.07, 6.45) is 0.285. The van der Waals surface area contributed by atoms with Gasteiger partial charge in [-0.1, -0.05) is 6.07 Å². The molecule has 166 valence electrons. The Kier molecular flexibility index (Phi) is 10.6. The summed E-state index contributed by atoms with van der Waals surface area (Å²) < 4.78 is 5.74. The van der Waals surface area contributed by atoms with Gasteiger partial charge in [-0.2, -0.15) is 0 Å². The Morgan fingerprint density at radius 3 is 2.79 bits per heavy atom. The summed E-state index contributed by atoms with van der Waals surface area (Å²) in [6, 6.07) is 5.22. The molecule has 2 aliphatic rings. The zero-order chi connectivity index (χ0) is 19.9. The maximum atomic E-state index is 5.74. The van der Waals surface area contributed by atoms with Crippen LogP contribution >= 0.6 is 35.3 Å². The van der Waals surface area contributed by atoms with E-state index in [1.54, 1.807) is 0 Å². The van der Waals surface area contributed by atoms with Crippen LogP contribution in [0.5, 0.6) is 0 Å². The van der Waals surface area contributed by atoms with Gasteiger partial charge in [-0.25, -0.2) is 0 Å². The highest BCUT2D eigenvalue weighted by atomic mass is 127. The maximum Gasteiger partial charge on any atom is 0.191 e. The molecule has 2 N–H and O–H groups in total. The SMILES string of the molecule is CN=C(NCC1CN(C)CCN1C)NCC(c1cccs1)N1CCOC(C)C1.I. The molecule has 7 nitrogen and oxygen atoms in total. The quantitative estimate of drug-likeness (QED) is 0.327. The molecule has 1 aromatic rings. The third-order valence-corrected chi connectivity index (χ3v) is 6.73. The molecule has 3 unspecified atom stereocenters. The molecule has 9 heteroatoms. The van der Waals surface area contributed by atoms with Gasteiger partial charge in [-0.05, 0) is 32.5 Å². The maximum absolute atomic E-state index is 5.74. The minimum absolute atomic E-state index is 0. The van der Waals surface area contributed by atoms with Gasteiger partial charge in [0, 0.05) is 63.8 Å². The number of nitrogens with zero attached hydrogens (tertiary/aromatic N) is 4. The second kappa shape index (κ2) is 12.4. The molecule has 3 atom stereocenters. The Labute approximate surface area is 196 Å². The van der Waals surface area contributed by atoms with Gasteiger partial charge in [-0.15, -0.1) is 35.3 Å². The van der Waals surface area contributed by atoms with Gasteiger partial charge in [0.25, 0.3) is 0 Å². The molecule has 0 saturated carbocycles. The molecule has 3 heterocycles. The smallest absolute Gasteiger partial charge is 0.191 e. The first-order valence-corrected chi connectivity index (χ1v) is 11.2. The van der Waals surface area contributed by atoms with E-state index < -0.39 is 0 Å². The molecular weight excluding hydrogens is 499 g/mol. The number of nitrogens with one attached hydrogen (secondary N) is 2. The van der Waals surface area contributed by atoms with Crippen molar-refractivity contribution in [3.05, 3.63) is 22.4 Å². The lowest BCUT2D eigenvalue weighted by Crippen LogP contribution is -2.55. The molecule has 0 bridgehead atoms. The van der Waals surface area contributed by atoms with Gasteiger partial charge in [0.05, 0.1) is 18.8 Å². The fourth-order valence-corrected chi connectivity index (χ4v) is 4.83. The Morgan fingerprint density at radius 2 is 2.10 bits per heavy atom. The number of hydrogen-bond donors (Lipinski definition) is 2. The van der Waals surface area contributed by atoms with E-state index in [2.05, 4.69) is 68.9 Å². The van der Waals surface area contributed by atoms with Crippen molar-refractivity contribution in [1.29, 1.82) is 0 Å². The Balaban J connectivity index is 0.00000300. The van der Waals surface area contributed by atoms with Gasteiger partial charge >= 0.3 is 0 Å². The first-order chi connectivity index (χ1) is 13.6. The second-order valence-electron chi connectivity index (χ2n) is 7.94. The average molecular weight is 537 g/mol. The minimum atomic E-state index is 0. The van der Waals surface area contributed by atoms with E-state index in [0.717, 1.165) is 58.4 Å². The van der Waals surface area contributed by atoms with Crippen molar-refractivity contribution in [1.82, 2.24) is 25.3 Å². The summed E-state index contributed by atoms with van der Waals surface area (Å²) >= 11 is 1.83. The average Bonchev–Trinajstić information content (AvgIpc) is 3.21. The summed E-state index contributed by atoms with van der Waals surface area (Å²) in [4.78, 5) is 13.2. The standard InChI is InChI=1S/C20H36N6OS.HI/c1-16-14-26(9-10-27-16)18(19-6-5-11-28-19)13-23-20(21-2)22-12-17-15-24(3)7-8-25(17)4;/h5-6,11,16-18H,7-10,12-15H2,1-4H3,(H2,21,22,23);1H. The van der Waals surface area contributed by atoms with Gasteiger partial charge in [-0.3, -0.25) is 14.8 Å². The third kappa shape index (κ3) is 7.32. The number of morpholine rings is 1. The fourth-order valence-electron chi connectivity index (χ4n) is 3.97. The Morgan fingerprint density at radius 1 is 1.28 bits per heavy atom. The molecule has 1 aromatic heterocycles. The zero-order valence-electron chi connectivity index (χ0n) is 18.1. The summed E-state index contributed by atoms with van der Waals surface area (Å²) in [5.74, 6) is 0.879. The first kappa shape index (κ1) is 24.8. The highest BCUT2D eigenvalue weighted by Crippen LogP contribution is 2.26. The molecule has 0 spiro atoms. The molecule has 0 aromatic carbocycles. The van der Waals surface area contributed by atoms with E-state index in [1.165, 1.54) is 4.88 Å². The summed E-state index contributed by atoms with van der Waals surface area (Å²) in [6.45, 7) is 9.98. The molecule has 0 radical (unpaired) electrons. The van der Waals surface area contributed by atoms with Gasteiger partial charge < -0.3 is 20.3 Å². The number of thiophene rings is 1. The number of likely N-dealkylation sites (N-methyl/N-ethyl adjacent to an activating group) is 2. The van der Waals surface area contributed by atoms with Crippen molar-refractivity contribution < 1.29 is 4.74 Å². The van der Waals surface area contributed by atoms with E-state index in [0.29, 0.717) is 12.1 Å². The highest BCUT2D eigenvalue weighted by Gasteiger charge is 2.27. The van der Waals surface area contributed by atoms with Crippen molar-refractivity contribution in [3.63, 3.8) is 0 Å². The fraction of sp³-hybridized carbons (Fsp3) is 0.750. The predicted octanol–water partition coefficient (Wildman–Crippen LogP) is 1.54. The number of hydrogen-bond acceptors (Lipinski definition) is 6. The van der Waals surface area contributed by atoms with Crippen LogP contribution in [0, 0.1) is 0 Å². The lowest BCUT2D eigenvalue weighted by atomic mass is 10.1. The van der Waals surface area contributed by atoms with Crippen molar-refractivity contribution in [2.45, 2.75) is 25.1 Å². The van der Waals surface area contributed by atoms with Crippen LogP contribution in [0.1, 0.15) is 17.8 Å². The van der Waals surface area contributed by atoms with Gasteiger partial charge in [0.15, 0.2) is 5.96 Å². The van der Waals surface area contributed by atoms with E-state index in [4.69, 9.17) is 4.74 Å². The molecule has 2 saturated heterocycles. The molecule has 2 fully saturated rings. The lowest BCUT2D eigenvalue weighted by Gasteiger charge is -2.38. The summed E-state index contributed by atoms with van der Waals surface area (Å²) in [5, 5.41) is 9.26. The number of aliphatic imine (C=N–C) groups is 1. The third-order valence-electron chi connectivity index (χ3n) is 5.76. The largest absolute Gasteiger partial charge is 0.376 e. The molecular formula is C20H37IN6OS. The van der Waals surface area contributed by atoms with E-state index in [-0.39, 0.29) is 30.1 Å². The first-order valence-electron chi connectivity index (χ1n) is 10.3. The van der Waals surface area contributed by atoms with E-state index >= 15 is 0 Å². The van der Waals surface area contributed by atoms with Crippen molar-refractivity contribution in [2.75, 3.05) is 73.6 Å². The van der Waals surface area contributed by atoms with Crippen LogP contribution < -0.4 is 10.6 Å². The molecule has 0 aliphatic carbocycles. The number of ether oxygens (including phenoxy) is 1. The van der Waals surface area contributed by atoms with Crippen LogP contribution in [0.3, 0.4) is 0 Å². The number of piperazine rings is 1. The van der Waals surface area contributed by atoms with Crippen LogP contribution in [-0.4, -0.2) is 106 Å². The second-order valence-corrected chi connectivity index (χ2v) is 8.92. The molecule has 0 amide bonds. The highest BCUT2D eigenvalue weighted by molar-refractivity contribution is 14.0. The number of halogens is 1. The van der Waals surface area contributed by atoms with Crippen LogP contribution in [-0.2, 0) is 4.74 Å². The lowest BCUT2D eigenvalue weighted by molar-refractivity contribution is -0.0334. The van der Waals surface area contributed by atoms with Crippen molar-refractivity contribution in [2.24, 2.45) is 4.99 Å². The van der Waals surface area contributed by atoms with Gasteiger partial charge in [0.2, 0.25) is 0 Å². The number of rotatable bonds is 6. The van der Waals surface area contributed by atoms with Gasteiger partial charge in [0.1, 0.15) is 0 Å². The predicted molar refractivity (Wildman–Crippen MR) is 133 cm³/mol. The van der Waals surface area contributed by atoms with Crippen molar-refractivity contribution >= 4 is 41.3 Å². The monoisotopic (exact) mass is 536 g/mol. The summed E-state index contributed by atoms with van der Waals surface area (Å²) in [5.41, 5.74) is 0. The van der Waals surface area contributed by atoms with Crippen LogP contribution in [0.2, 0.25) is 0 Å². The molecule has 29 heavy (non-hydrogen) atoms. The Bertz CT molecular complexity index is 616. The van der Waals surface area contributed by atoms with Crippen molar-refractivity contribution in [3.8, 4) is 0 Å². The zero-order valence-corrected chi connectivity index (χ0v) is 21.3. The number of guanidine groups is 1. The summed E-state index contributed by atoms with van der Waals surface area (Å²) in [7, 11) is 6.26. The minimum Gasteiger partial charge on any atom is -0.376 e.